The number of carbonyl (C=O) groups excluding carboxylic acids is 1. The van der Waals surface area contributed by atoms with Crippen LogP contribution in [0.1, 0.15) is 22.8 Å². The van der Waals surface area contributed by atoms with Crippen LogP contribution in [0.25, 0.3) is 11.0 Å². The zero-order chi connectivity index (χ0) is 16.2. The lowest BCUT2D eigenvalue weighted by Gasteiger charge is -2.06. The number of halogens is 1. The van der Waals surface area contributed by atoms with Gasteiger partial charge in [0.05, 0.1) is 5.52 Å². The molecule has 0 bridgehead atoms. The summed E-state index contributed by atoms with van der Waals surface area (Å²) in [5.74, 6) is -0.111. The summed E-state index contributed by atoms with van der Waals surface area (Å²) < 4.78 is 1.80. The first-order valence-corrected chi connectivity index (χ1v) is 7.91. The van der Waals surface area contributed by atoms with E-state index >= 15 is 0 Å². The highest BCUT2D eigenvalue weighted by atomic mass is 35.5. The summed E-state index contributed by atoms with van der Waals surface area (Å²) in [6, 6.07) is 13.1. The maximum Gasteiger partial charge on any atom is 0.251 e. The summed E-state index contributed by atoms with van der Waals surface area (Å²) in [6.07, 6.45) is 0.737. The lowest BCUT2D eigenvalue weighted by atomic mass is 10.1. The van der Waals surface area contributed by atoms with Gasteiger partial charge in [-0.2, -0.15) is 0 Å². The van der Waals surface area contributed by atoms with Gasteiger partial charge in [-0.25, -0.2) is 4.68 Å². The minimum atomic E-state index is -0.111. The molecule has 0 atom stereocenters. The number of nitrogens with one attached hydrogen (secondary N) is 1. The number of hydrogen-bond acceptors (Lipinski definition) is 3. The third-order valence-electron chi connectivity index (χ3n) is 3.66. The van der Waals surface area contributed by atoms with Crippen LogP contribution < -0.4 is 5.32 Å². The first-order valence-electron chi connectivity index (χ1n) is 7.53. The minimum Gasteiger partial charge on any atom is -0.352 e. The average molecular weight is 329 g/mol. The molecule has 0 saturated heterocycles. The number of nitrogens with zero attached hydrogens (tertiary/aromatic N) is 3. The molecule has 2 aromatic carbocycles. The molecule has 6 heteroatoms. The lowest BCUT2D eigenvalue weighted by molar-refractivity contribution is 0.0954. The van der Waals surface area contributed by atoms with Gasteiger partial charge in [0.1, 0.15) is 5.52 Å². The third kappa shape index (κ3) is 3.51. The highest BCUT2D eigenvalue weighted by molar-refractivity contribution is 6.30. The first-order chi connectivity index (χ1) is 11.2. The van der Waals surface area contributed by atoms with Crippen LogP contribution in [0.5, 0.6) is 0 Å². The van der Waals surface area contributed by atoms with Crippen LogP contribution in [0.4, 0.5) is 0 Å². The predicted molar refractivity (Wildman–Crippen MR) is 90.7 cm³/mol. The van der Waals surface area contributed by atoms with Gasteiger partial charge in [-0.15, -0.1) is 5.10 Å². The number of carbonyl (C=O) groups is 1. The van der Waals surface area contributed by atoms with Crippen LogP contribution in [0, 0.1) is 0 Å². The van der Waals surface area contributed by atoms with Crippen molar-refractivity contribution in [1.29, 1.82) is 0 Å². The Labute approximate surface area is 139 Å². The molecule has 118 valence electrons. The molecule has 0 aliphatic heterocycles. The lowest BCUT2D eigenvalue weighted by Crippen LogP contribution is -2.25. The van der Waals surface area contributed by atoms with Gasteiger partial charge in [0.15, 0.2) is 0 Å². The molecule has 0 saturated carbocycles. The molecule has 3 rings (SSSR count). The largest absolute Gasteiger partial charge is 0.352 e. The molecule has 5 nitrogen and oxygen atoms in total. The van der Waals surface area contributed by atoms with E-state index in [1.807, 2.05) is 37.3 Å². The van der Waals surface area contributed by atoms with E-state index in [0.29, 0.717) is 17.1 Å². The molecule has 0 spiro atoms. The Bertz CT molecular complexity index is 843. The first kappa shape index (κ1) is 15.5. The summed E-state index contributed by atoms with van der Waals surface area (Å²) in [5, 5.41) is 11.8. The Morgan fingerprint density at radius 2 is 2.13 bits per heavy atom. The Morgan fingerprint density at radius 3 is 2.91 bits per heavy atom. The van der Waals surface area contributed by atoms with Crippen molar-refractivity contribution >= 4 is 28.5 Å². The Hall–Kier alpha value is -2.40. The second-order valence-corrected chi connectivity index (χ2v) is 5.68. The number of rotatable bonds is 5. The predicted octanol–water partition coefficient (Wildman–Crippen LogP) is 3.08. The Morgan fingerprint density at radius 1 is 1.26 bits per heavy atom. The van der Waals surface area contributed by atoms with E-state index in [1.165, 1.54) is 0 Å². The fourth-order valence-electron chi connectivity index (χ4n) is 2.46. The van der Waals surface area contributed by atoms with E-state index < -0.39 is 0 Å². The van der Waals surface area contributed by atoms with Crippen molar-refractivity contribution < 1.29 is 4.79 Å². The number of fused-ring (bicyclic) bond motifs is 1. The molecule has 0 unspecified atom stereocenters. The molecule has 1 aromatic heterocycles. The number of aryl methyl sites for hydroxylation is 1. The second-order valence-electron chi connectivity index (χ2n) is 5.24. The fraction of sp³-hybridized carbons (Fsp3) is 0.235. The molecule has 0 radical (unpaired) electrons. The molecule has 23 heavy (non-hydrogen) atoms. The second kappa shape index (κ2) is 6.79. The summed E-state index contributed by atoms with van der Waals surface area (Å²) in [4.78, 5) is 12.2. The van der Waals surface area contributed by atoms with Crippen molar-refractivity contribution in [2.45, 2.75) is 19.9 Å². The molecule has 1 heterocycles. The van der Waals surface area contributed by atoms with Gasteiger partial charge in [-0.3, -0.25) is 4.79 Å². The quantitative estimate of drug-likeness (QED) is 0.783. The summed E-state index contributed by atoms with van der Waals surface area (Å²) in [7, 11) is 0. The van der Waals surface area contributed by atoms with Crippen LogP contribution >= 0.6 is 11.6 Å². The van der Waals surface area contributed by atoms with Crippen LogP contribution in [0.15, 0.2) is 42.5 Å². The summed E-state index contributed by atoms with van der Waals surface area (Å²) in [5.41, 5.74) is 3.35. The van der Waals surface area contributed by atoms with Gasteiger partial charge in [0.25, 0.3) is 5.91 Å². The highest BCUT2D eigenvalue weighted by Gasteiger charge is 2.09. The van der Waals surface area contributed by atoms with Gasteiger partial charge in [-0.05, 0) is 49.2 Å². The maximum absolute atomic E-state index is 12.2. The molecule has 0 aliphatic rings. The SMILES string of the molecule is CCn1nnc2cc(C(=O)NCCc3cccc(Cl)c3)ccc21. The van der Waals surface area contributed by atoms with Gasteiger partial charge < -0.3 is 5.32 Å². The van der Waals surface area contributed by atoms with Crippen molar-refractivity contribution in [1.82, 2.24) is 20.3 Å². The van der Waals surface area contributed by atoms with Crippen molar-refractivity contribution in [3.63, 3.8) is 0 Å². The van der Waals surface area contributed by atoms with Gasteiger partial charge in [-0.1, -0.05) is 28.9 Å². The van der Waals surface area contributed by atoms with E-state index in [-0.39, 0.29) is 5.91 Å². The van der Waals surface area contributed by atoms with E-state index in [4.69, 9.17) is 11.6 Å². The molecular weight excluding hydrogens is 312 g/mol. The Balaban J connectivity index is 1.64. The van der Waals surface area contributed by atoms with Crippen molar-refractivity contribution in [2.75, 3.05) is 6.54 Å². The molecule has 0 fully saturated rings. The van der Waals surface area contributed by atoms with Crippen LogP contribution in [-0.4, -0.2) is 27.4 Å². The average Bonchev–Trinajstić information content (AvgIpc) is 2.97. The topological polar surface area (TPSA) is 59.8 Å². The monoisotopic (exact) mass is 328 g/mol. The highest BCUT2D eigenvalue weighted by Crippen LogP contribution is 2.14. The van der Waals surface area contributed by atoms with Crippen molar-refractivity contribution in [2.24, 2.45) is 0 Å². The van der Waals surface area contributed by atoms with Gasteiger partial charge in [0.2, 0.25) is 0 Å². The van der Waals surface area contributed by atoms with Gasteiger partial charge >= 0.3 is 0 Å². The van der Waals surface area contributed by atoms with Crippen LogP contribution in [0.2, 0.25) is 5.02 Å². The molecule has 3 aromatic rings. The third-order valence-corrected chi connectivity index (χ3v) is 3.90. The van der Waals surface area contributed by atoms with Crippen LogP contribution in [0.3, 0.4) is 0 Å². The maximum atomic E-state index is 12.2. The summed E-state index contributed by atoms with van der Waals surface area (Å²) in [6.45, 7) is 3.31. The van der Waals surface area contributed by atoms with Crippen molar-refractivity contribution in [3.8, 4) is 0 Å². The number of benzene rings is 2. The van der Waals surface area contributed by atoms with Gasteiger partial charge in [0, 0.05) is 23.7 Å². The minimum absolute atomic E-state index is 0.111. The van der Waals surface area contributed by atoms with Crippen molar-refractivity contribution in [3.05, 3.63) is 58.6 Å². The normalized spacial score (nSPS) is 10.9. The molecule has 0 aliphatic carbocycles. The fourth-order valence-corrected chi connectivity index (χ4v) is 2.67. The zero-order valence-electron chi connectivity index (χ0n) is 12.8. The number of hydrogen-bond donors (Lipinski definition) is 1. The van der Waals surface area contributed by atoms with E-state index in [2.05, 4.69) is 15.6 Å². The standard InChI is InChI=1S/C17H17ClN4O/c1-2-22-16-7-6-13(11-15(16)20-21-22)17(23)19-9-8-12-4-3-5-14(18)10-12/h3-7,10-11H,2,8-9H2,1H3,(H,19,23). The number of aromatic nitrogens is 3. The smallest absolute Gasteiger partial charge is 0.251 e. The van der Waals surface area contributed by atoms with E-state index in [9.17, 15) is 4.79 Å². The van der Waals surface area contributed by atoms with E-state index in [0.717, 1.165) is 29.6 Å². The van der Waals surface area contributed by atoms with Crippen LogP contribution in [-0.2, 0) is 13.0 Å². The van der Waals surface area contributed by atoms with E-state index in [1.54, 1.807) is 16.8 Å². The summed E-state index contributed by atoms with van der Waals surface area (Å²) >= 11 is 5.95. The number of amides is 1. The molecule has 1 N–H and O–H groups in total. The molecular formula is C17H17ClN4O. The Kier molecular flexibility index (Phi) is 4.57. The zero-order valence-corrected chi connectivity index (χ0v) is 13.5. The molecule has 1 amide bonds.